The lowest BCUT2D eigenvalue weighted by atomic mass is 10.00. The fourth-order valence-corrected chi connectivity index (χ4v) is 2.92. The monoisotopic (exact) mass is 353 g/mol. The van der Waals surface area contributed by atoms with Crippen LogP contribution in [0.1, 0.15) is 56.8 Å². The molecule has 0 aliphatic heterocycles. The van der Waals surface area contributed by atoms with Gasteiger partial charge in [-0.1, -0.05) is 12.5 Å². The molecule has 0 heterocycles. The molecule has 0 radical (unpaired) electrons. The van der Waals surface area contributed by atoms with Crippen LogP contribution in [0.15, 0.2) is 24.3 Å². The third-order valence-electron chi connectivity index (χ3n) is 4.06. The van der Waals surface area contributed by atoms with Crippen molar-refractivity contribution in [1.82, 2.24) is 5.32 Å². The Kier molecular flexibility index (Phi) is 7.24. The van der Waals surface area contributed by atoms with Gasteiger partial charge in [0.2, 0.25) is 5.91 Å². The van der Waals surface area contributed by atoms with Gasteiger partial charge in [-0.3, -0.25) is 9.59 Å². The Bertz CT molecular complexity index is 584. The van der Waals surface area contributed by atoms with Gasteiger partial charge in [-0.2, -0.15) is 0 Å². The molecular weight excluding hydrogens is 326 g/mol. The predicted molar refractivity (Wildman–Crippen MR) is 99.5 cm³/mol. The van der Waals surface area contributed by atoms with E-state index in [1.165, 1.54) is 0 Å². The fraction of sp³-hybridized carbons (Fsp3) is 0.556. The van der Waals surface area contributed by atoms with Crippen molar-refractivity contribution in [3.63, 3.8) is 0 Å². The van der Waals surface area contributed by atoms with Gasteiger partial charge in [0.1, 0.15) is 0 Å². The van der Waals surface area contributed by atoms with Crippen molar-refractivity contribution in [3.8, 4) is 0 Å². The average Bonchev–Trinajstić information content (AvgIpc) is 2.82. The van der Waals surface area contributed by atoms with Crippen molar-refractivity contribution in [2.24, 2.45) is 11.7 Å². The van der Waals surface area contributed by atoms with E-state index in [0.29, 0.717) is 17.7 Å². The molecular formula is C18H28ClN3O2. The number of nitrogens with one attached hydrogen (secondary N) is 2. The van der Waals surface area contributed by atoms with Gasteiger partial charge in [0, 0.05) is 29.3 Å². The molecule has 2 amide bonds. The zero-order valence-electron chi connectivity index (χ0n) is 14.6. The number of nitrogens with two attached hydrogens (primary N) is 1. The van der Waals surface area contributed by atoms with E-state index >= 15 is 0 Å². The van der Waals surface area contributed by atoms with Crippen molar-refractivity contribution in [2.75, 3.05) is 5.32 Å². The first-order valence-electron chi connectivity index (χ1n) is 8.22. The second-order valence-electron chi connectivity index (χ2n) is 7.39. The van der Waals surface area contributed by atoms with Crippen LogP contribution < -0.4 is 16.4 Å². The van der Waals surface area contributed by atoms with Gasteiger partial charge >= 0.3 is 0 Å². The van der Waals surface area contributed by atoms with Gasteiger partial charge < -0.3 is 16.4 Å². The second-order valence-corrected chi connectivity index (χ2v) is 7.39. The number of halogens is 1. The van der Waals surface area contributed by atoms with Crippen molar-refractivity contribution >= 4 is 29.9 Å². The molecule has 1 saturated carbocycles. The minimum absolute atomic E-state index is 0. The van der Waals surface area contributed by atoms with Crippen molar-refractivity contribution in [1.29, 1.82) is 0 Å². The summed E-state index contributed by atoms with van der Waals surface area (Å²) in [6.07, 6.45) is 3.56. The van der Waals surface area contributed by atoms with Crippen LogP contribution in [0, 0.1) is 5.92 Å². The summed E-state index contributed by atoms with van der Waals surface area (Å²) in [7, 11) is 0. The molecule has 1 aliphatic rings. The molecule has 0 bridgehead atoms. The number of anilines is 1. The summed E-state index contributed by atoms with van der Waals surface area (Å²) in [5.74, 6) is 0.0783. The Morgan fingerprint density at radius 2 is 1.96 bits per heavy atom. The third kappa shape index (κ3) is 6.13. The van der Waals surface area contributed by atoms with Crippen LogP contribution >= 0.6 is 12.4 Å². The highest BCUT2D eigenvalue weighted by molar-refractivity contribution is 5.97. The number of carbonyl (C=O) groups is 2. The van der Waals surface area contributed by atoms with Crippen LogP contribution in [0.25, 0.3) is 0 Å². The summed E-state index contributed by atoms with van der Waals surface area (Å²) in [5.41, 5.74) is 6.89. The molecule has 6 heteroatoms. The standard InChI is InChI=1S/C18H27N3O2.ClH/c1-18(2,3)21-17(23)13-7-4-8-14(10-13)20-16(22)11-12-6-5-9-15(12)19;/h4,7-8,10,12,15H,5-6,9,11,19H2,1-3H3,(H,20,22)(H,21,23);1H/t12-,15+;/m0./s1. The summed E-state index contributed by atoms with van der Waals surface area (Å²) in [6, 6.07) is 7.14. The molecule has 4 N–H and O–H groups in total. The van der Waals surface area contributed by atoms with Gasteiger partial charge in [-0.05, 0) is 57.7 Å². The number of carbonyl (C=O) groups excluding carboxylic acids is 2. The highest BCUT2D eigenvalue weighted by atomic mass is 35.5. The molecule has 1 fully saturated rings. The number of hydrogen-bond donors (Lipinski definition) is 3. The molecule has 5 nitrogen and oxygen atoms in total. The maximum atomic E-state index is 12.2. The lowest BCUT2D eigenvalue weighted by Gasteiger charge is -2.20. The molecule has 1 aromatic rings. The van der Waals surface area contributed by atoms with Crippen LogP contribution in [0.4, 0.5) is 5.69 Å². The molecule has 1 aromatic carbocycles. The maximum Gasteiger partial charge on any atom is 0.251 e. The van der Waals surface area contributed by atoms with E-state index in [-0.39, 0.29) is 41.7 Å². The quantitative estimate of drug-likeness (QED) is 0.777. The number of rotatable bonds is 4. The van der Waals surface area contributed by atoms with Crippen LogP contribution in [-0.2, 0) is 4.79 Å². The molecule has 2 rings (SSSR count). The molecule has 2 atom stereocenters. The zero-order chi connectivity index (χ0) is 17.0. The molecule has 0 spiro atoms. The minimum Gasteiger partial charge on any atom is -0.347 e. The molecule has 0 aromatic heterocycles. The van der Waals surface area contributed by atoms with E-state index in [1.54, 1.807) is 24.3 Å². The Hall–Kier alpha value is -1.59. The fourth-order valence-electron chi connectivity index (χ4n) is 2.92. The smallest absolute Gasteiger partial charge is 0.251 e. The molecule has 134 valence electrons. The number of amides is 2. The minimum atomic E-state index is -0.297. The Balaban J connectivity index is 0.00000288. The van der Waals surface area contributed by atoms with Gasteiger partial charge in [0.05, 0.1) is 0 Å². The highest BCUT2D eigenvalue weighted by Gasteiger charge is 2.26. The average molecular weight is 354 g/mol. The number of benzene rings is 1. The first-order valence-corrected chi connectivity index (χ1v) is 8.22. The topological polar surface area (TPSA) is 84.2 Å². The molecule has 0 saturated heterocycles. The molecule has 0 unspecified atom stereocenters. The van der Waals surface area contributed by atoms with E-state index in [1.807, 2.05) is 20.8 Å². The normalized spacial score (nSPS) is 20.2. The van der Waals surface area contributed by atoms with Crippen LogP contribution in [0.3, 0.4) is 0 Å². The summed E-state index contributed by atoms with van der Waals surface area (Å²) in [5, 5.41) is 5.79. The SMILES string of the molecule is CC(C)(C)NC(=O)c1cccc(NC(=O)C[C@@H]2CCC[C@H]2N)c1.Cl. The van der Waals surface area contributed by atoms with E-state index in [0.717, 1.165) is 19.3 Å². The Morgan fingerprint density at radius 3 is 2.54 bits per heavy atom. The Labute approximate surface area is 150 Å². The van der Waals surface area contributed by atoms with Crippen LogP contribution in [0.5, 0.6) is 0 Å². The summed E-state index contributed by atoms with van der Waals surface area (Å²) < 4.78 is 0. The van der Waals surface area contributed by atoms with E-state index < -0.39 is 0 Å². The van der Waals surface area contributed by atoms with E-state index in [4.69, 9.17) is 5.73 Å². The van der Waals surface area contributed by atoms with E-state index in [9.17, 15) is 9.59 Å². The second kappa shape index (κ2) is 8.49. The number of hydrogen-bond acceptors (Lipinski definition) is 3. The van der Waals surface area contributed by atoms with Crippen molar-refractivity contribution in [2.45, 2.75) is 58.0 Å². The summed E-state index contributed by atoms with van der Waals surface area (Å²) in [6.45, 7) is 5.80. The lowest BCUT2D eigenvalue weighted by Crippen LogP contribution is -2.40. The maximum absolute atomic E-state index is 12.2. The first kappa shape index (κ1) is 20.5. The van der Waals surface area contributed by atoms with Crippen molar-refractivity contribution < 1.29 is 9.59 Å². The summed E-state index contributed by atoms with van der Waals surface area (Å²) >= 11 is 0. The lowest BCUT2D eigenvalue weighted by molar-refractivity contribution is -0.117. The predicted octanol–water partition coefficient (Wildman–Crippen LogP) is 3.09. The van der Waals surface area contributed by atoms with Gasteiger partial charge in [-0.25, -0.2) is 0 Å². The molecule has 24 heavy (non-hydrogen) atoms. The Morgan fingerprint density at radius 1 is 1.25 bits per heavy atom. The van der Waals surface area contributed by atoms with Crippen LogP contribution in [-0.4, -0.2) is 23.4 Å². The third-order valence-corrected chi connectivity index (χ3v) is 4.06. The van der Waals surface area contributed by atoms with E-state index in [2.05, 4.69) is 10.6 Å². The highest BCUT2D eigenvalue weighted by Crippen LogP contribution is 2.27. The summed E-state index contributed by atoms with van der Waals surface area (Å²) in [4.78, 5) is 24.3. The van der Waals surface area contributed by atoms with Crippen LogP contribution in [0.2, 0.25) is 0 Å². The first-order chi connectivity index (χ1) is 10.7. The van der Waals surface area contributed by atoms with Crippen molar-refractivity contribution in [3.05, 3.63) is 29.8 Å². The van der Waals surface area contributed by atoms with Gasteiger partial charge in [-0.15, -0.1) is 12.4 Å². The molecule has 1 aliphatic carbocycles. The largest absolute Gasteiger partial charge is 0.347 e. The zero-order valence-corrected chi connectivity index (χ0v) is 15.4. The van der Waals surface area contributed by atoms with Gasteiger partial charge in [0.25, 0.3) is 5.91 Å². The van der Waals surface area contributed by atoms with Gasteiger partial charge in [0.15, 0.2) is 0 Å².